The van der Waals surface area contributed by atoms with E-state index in [1.807, 2.05) is 45.0 Å². The van der Waals surface area contributed by atoms with E-state index in [1.54, 1.807) is 4.90 Å². The van der Waals surface area contributed by atoms with Gasteiger partial charge in [0.25, 0.3) is 0 Å². The Labute approximate surface area is 267 Å². The molecule has 242 valence electrons. The Hall–Kier alpha value is -3.23. The molecule has 1 N–H and O–H groups in total. The van der Waals surface area contributed by atoms with Gasteiger partial charge in [-0.1, -0.05) is 71.0 Å². The van der Waals surface area contributed by atoms with Gasteiger partial charge in [-0.2, -0.15) is 0 Å². The van der Waals surface area contributed by atoms with Crippen LogP contribution in [-0.4, -0.2) is 66.7 Å². The highest BCUT2D eigenvalue weighted by molar-refractivity contribution is 6.00. The van der Waals surface area contributed by atoms with Crippen molar-refractivity contribution in [1.82, 2.24) is 10.2 Å². The van der Waals surface area contributed by atoms with Crippen molar-refractivity contribution in [1.29, 1.82) is 0 Å². The van der Waals surface area contributed by atoms with Crippen LogP contribution in [0.4, 0.5) is 5.69 Å². The van der Waals surface area contributed by atoms with Crippen LogP contribution < -0.4 is 10.2 Å². The maximum absolute atomic E-state index is 14.7. The predicted molar refractivity (Wildman–Crippen MR) is 174 cm³/mol. The minimum absolute atomic E-state index is 0.0315. The maximum atomic E-state index is 14.7. The summed E-state index contributed by atoms with van der Waals surface area (Å²) in [5, 5.41) is 3.13. The monoisotopic (exact) mass is 615 g/mol. The van der Waals surface area contributed by atoms with E-state index in [4.69, 9.17) is 9.47 Å². The first-order valence-electron chi connectivity index (χ1n) is 16.8. The van der Waals surface area contributed by atoms with Crippen molar-refractivity contribution in [3.63, 3.8) is 0 Å². The number of carbonyl (C=O) groups excluding carboxylic acids is 3. The average Bonchev–Trinajstić information content (AvgIpc) is 3.63. The smallest absolute Gasteiger partial charge is 0.247 e. The first-order chi connectivity index (χ1) is 21.4. The number of ether oxygens (including phenoxy) is 2. The van der Waals surface area contributed by atoms with Crippen LogP contribution in [-0.2, 0) is 36.7 Å². The standard InChI is InChI=1S/C37H49N3O5/c1-24(2)20-30-34(42)38-32(28-21-26-8-6-7-9-27(26)22-28)35(43)40(30)33(31(41)23-36(3,4)5)25-10-12-29(13-11-25)39-16-14-37(15-17-39)44-18-19-45-37/h6-13,24,28,30,32-33H,14-23H2,1-5H3,(H,38,42)/t30-,32-,33-/m1/s1. The minimum atomic E-state index is -0.836. The van der Waals surface area contributed by atoms with Gasteiger partial charge in [-0.15, -0.1) is 0 Å². The van der Waals surface area contributed by atoms with Gasteiger partial charge in [0.1, 0.15) is 18.1 Å². The molecule has 45 heavy (non-hydrogen) atoms. The van der Waals surface area contributed by atoms with Gasteiger partial charge < -0.3 is 24.6 Å². The fourth-order valence-corrected chi connectivity index (χ4v) is 7.75. The Morgan fingerprint density at radius 3 is 2.11 bits per heavy atom. The van der Waals surface area contributed by atoms with Gasteiger partial charge in [0.2, 0.25) is 11.8 Å². The summed E-state index contributed by atoms with van der Waals surface area (Å²) in [6.07, 6.45) is 3.87. The lowest BCUT2D eigenvalue weighted by Crippen LogP contribution is -2.66. The zero-order valence-electron chi connectivity index (χ0n) is 27.5. The van der Waals surface area contributed by atoms with Crippen LogP contribution >= 0.6 is 0 Å². The second-order valence-electron chi connectivity index (χ2n) is 15.1. The molecule has 2 amide bonds. The van der Waals surface area contributed by atoms with E-state index in [0.717, 1.165) is 50.0 Å². The van der Waals surface area contributed by atoms with Crippen molar-refractivity contribution in [3.05, 3.63) is 65.2 Å². The molecule has 2 aromatic rings. The summed E-state index contributed by atoms with van der Waals surface area (Å²) in [5.41, 5.74) is 4.01. The lowest BCUT2D eigenvalue weighted by atomic mass is 9.83. The molecule has 1 aliphatic carbocycles. The quantitative estimate of drug-likeness (QED) is 0.438. The van der Waals surface area contributed by atoms with Crippen LogP contribution in [0.3, 0.4) is 0 Å². The number of hydrogen-bond donors (Lipinski definition) is 1. The van der Waals surface area contributed by atoms with Gasteiger partial charge in [-0.3, -0.25) is 14.4 Å². The van der Waals surface area contributed by atoms with E-state index in [0.29, 0.717) is 26.1 Å². The predicted octanol–water partition coefficient (Wildman–Crippen LogP) is 5.23. The number of Topliss-reactive ketones (excluding diaryl/α,β-unsaturated/α-hetero) is 1. The van der Waals surface area contributed by atoms with E-state index in [9.17, 15) is 14.4 Å². The molecule has 3 heterocycles. The molecule has 0 aromatic heterocycles. The Morgan fingerprint density at radius 1 is 0.956 bits per heavy atom. The second kappa shape index (κ2) is 12.5. The van der Waals surface area contributed by atoms with Crippen molar-refractivity contribution < 1.29 is 23.9 Å². The number of hydrogen-bond acceptors (Lipinski definition) is 6. The number of amides is 2. The topological polar surface area (TPSA) is 88.2 Å². The third-order valence-corrected chi connectivity index (χ3v) is 9.91. The van der Waals surface area contributed by atoms with E-state index < -0.39 is 23.9 Å². The molecule has 0 bridgehead atoms. The van der Waals surface area contributed by atoms with E-state index in [2.05, 4.69) is 48.3 Å². The number of nitrogens with one attached hydrogen (secondary N) is 1. The van der Waals surface area contributed by atoms with Gasteiger partial charge in [-0.25, -0.2) is 0 Å². The zero-order chi connectivity index (χ0) is 31.9. The third kappa shape index (κ3) is 6.68. The SMILES string of the molecule is CC(C)C[C@@H]1C(=O)N[C@H](C2Cc3ccccc3C2)C(=O)N1[C@@H](C(=O)CC(C)(C)C)c1ccc(N2CCC3(CC2)OCCO3)cc1. The zero-order valence-corrected chi connectivity index (χ0v) is 27.5. The third-order valence-electron chi connectivity index (χ3n) is 9.91. The number of fused-ring (bicyclic) bond motifs is 1. The fourth-order valence-electron chi connectivity index (χ4n) is 7.75. The number of carbonyl (C=O) groups is 3. The highest BCUT2D eigenvalue weighted by atomic mass is 16.7. The molecule has 0 saturated carbocycles. The molecular formula is C37H49N3O5. The summed E-state index contributed by atoms with van der Waals surface area (Å²) in [4.78, 5) is 46.9. The molecule has 3 aliphatic heterocycles. The van der Waals surface area contributed by atoms with Crippen molar-refractivity contribution >= 4 is 23.3 Å². The number of rotatable bonds is 8. The number of piperazine rings is 1. The summed E-state index contributed by atoms with van der Waals surface area (Å²) in [5.74, 6) is -0.661. The Morgan fingerprint density at radius 2 is 1.56 bits per heavy atom. The summed E-state index contributed by atoms with van der Waals surface area (Å²) < 4.78 is 11.8. The van der Waals surface area contributed by atoms with E-state index in [-0.39, 0.29) is 34.8 Å². The van der Waals surface area contributed by atoms with Gasteiger partial charge >= 0.3 is 0 Å². The number of piperidine rings is 1. The van der Waals surface area contributed by atoms with Crippen LogP contribution in [0.15, 0.2) is 48.5 Å². The normalized spacial score (nSPS) is 24.3. The molecule has 4 aliphatic rings. The summed E-state index contributed by atoms with van der Waals surface area (Å²) in [7, 11) is 0. The van der Waals surface area contributed by atoms with Crippen LogP contribution in [0.25, 0.3) is 0 Å². The molecule has 3 atom stereocenters. The van der Waals surface area contributed by atoms with Crippen LogP contribution in [0.2, 0.25) is 0 Å². The molecule has 1 spiro atoms. The summed E-state index contributed by atoms with van der Waals surface area (Å²) in [6, 6.07) is 14.1. The second-order valence-corrected chi connectivity index (χ2v) is 15.1. The van der Waals surface area contributed by atoms with E-state index >= 15 is 0 Å². The first-order valence-corrected chi connectivity index (χ1v) is 16.8. The van der Waals surface area contributed by atoms with Crippen molar-refractivity contribution in [3.8, 4) is 0 Å². The Balaban J connectivity index is 1.31. The molecule has 0 unspecified atom stereocenters. The first kappa shape index (κ1) is 31.7. The van der Waals surface area contributed by atoms with Gasteiger partial charge in [0.15, 0.2) is 11.6 Å². The molecule has 2 aromatic carbocycles. The van der Waals surface area contributed by atoms with Crippen molar-refractivity contribution in [2.24, 2.45) is 17.3 Å². The lowest BCUT2D eigenvalue weighted by molar-refractivity contribution is -0.169. The van der Waals surface area contributed by atoms with Crippen LogP contribution in [0.5, 0.6) is 0 Å². The molecule has 8 heteroatoms. The number of nitrogens with zero attached hydrogens (tertiary/aromatic N) is 2. The molecule has 0 radical (unpaired) electrons. The van der Waals surface area contributed by atoms with E-state index in [1.165, 1.54) is 11.1 Å². The average molecular weight is 616 g/mol. The Bertz CT molecular complexity index is 1370. The van der Waals surface area contributed by atoms with Gasteiger partial charge in [0.05, 0.1) is 13.2 Å². The van der Waals surface area contributed by atoms with Gasteiger partial charge in [0, 0.05) is 38.0 Å². The van der Waals surface area contributed by atoms with Crippen molar-refractivity contribution in [2.45, 2.75) is 97.1 Å². The fraction of sp³-hybridized carbons (Fsp3) is 0.595. The number of anilines is 1. The largest absolute Gasteiger partial charge is 0.371 e. The summed E-state index contributed by atoms with van der Waals surface area (Å²) in [6.45, 7) is 13.2. The lowest BCUT2D eigenvalue weighted by Gasteiger charge is -2.45. The molecular weight excluding hydrogens is 566 g/mol. The number of ketones is 1. The van der Waals surface area contributed by atoms with Crippen LogP contribution in [0.1, 0.15) is 83.0 Å². The van der Waals surface area contributed by atoms with Crippen LogP contribution in [0, 0.1) is 17.3 Å². The maximum Gasteiger partial charge on any atom is 0.247 e. The molecule has 8 nitrogen and oxygen atoms in total. The highest BCUT2D eigenvalue weighted by Crippen LogP contribution is 2.38. The highest BCUT2D eigenvalue weighted by Gasteiger charge is 2.49. The van der Waals surface area contributed by atoms with Gasteiger partial charge in [-0.05, 0) is 65.3 Å². The Kier molecular flexibility index (Phi) is 8.83. The minimum Gasteiger partial charge on any atom is -0.371 e. The molecule has 6 rings (SSSR count). The number of benzene rings is 2. The summed E-state index contributed by atoms with van der Waals surface area (Å²) >= 11 is 0. The molecule has 3 saturated heterocycles. The van der Waals surface area contributed by atoms with Crippen molar-refractivity contribution in [2.75, 3.05) is 31.2 Å². The molecule has 3 fully saturated rings.